The highest BCUT2D eigenvalue weighted by atomic mass is 32.2. The number of anilines is 2. The van der Waals surface area contributed by atoms with Crippen molar-refractivity contribution in [1.29, 1.82) is 0 Å². The Morgan fingerprint density at radius 1 is 0.853 bits per heavy atom. The van der Waals surface area contributed by atoms with E-state index >= 15 is 0 Å². The van der Waals surface area contributed by atoms with Crippen LogP contribution in [0, 0.1) is 0 Å². The minimum atomic E-state index is -3.90. The second kappa shape index (κ2) is 9.32. The van der Waals surface area contributed by atoms with Crippen LogP contribution >= 0.6 is 0 Å². The summed E-state index contributed by atoms with van der Waals surface area (Å²) in [4.78, 5) is 36.7. The number of hydrogen-bond donors (Lipinski definition) is 2. The third kappa shape index (κ3) is 4.74. The molecule has 1 aliphatic carbocycles. The van der Waals surface area contributed by atoms with Crippen LogP contribution in [0.1, 0.15) is 38.0 Å². The number of nitrogens with one attached hydrogen (secondary N) is 2. The molecule has 1 aliphatic rings. The van der Waals surface area contributed by atoms with Crippen molar-refractivity contribution < 1.29 is 27.5 Å². The van der Waals surface area contributed by atoms with Gasteiger partial charge in [0.15, 0.2) is 5.78 Å². The predicted molar refractivity (Wildman–Crippen MR) is 126 cm³/mol. The van der Waals surface area contributed by atoms with Crippen molar-refractivity contribution in [3.63, 3.8) is 0 Å². The van der Waals surface area contributed by atoms with E-state index in [9.17, 15) is 22.8 Å². The summed E-state index contributed by atoms with van der Waals surface area (Å²) in [5.41, 5.74) is 1.82. The Hall–Kier alpha value is -4.24. The zero-order valence-corrected chi connectivity index (χ0v) is 18.9. The van der Waals surface area contributed by atoms with Gasteiger partial charge in [-0.1, -0.05) is 24.3 Å². The Morgan fingerprint density at radius 3 is 2.12 bits per heavy atom. The van der Waals surface area contributed by atoms with Crippen LogP contribution in [-0.2, 0) is 14.8 Å². The Bertz CT molecular complexity index is 1410. The van der Waals surface area contributed by atoms with E-state index in [0.717, 1.165) is 0 Å². The second-order valence-electron chi connectivity index (χ2n) is 7.35. The maximum absolute atomic E-state index is 12.7. The summed E-state index contributed by atoms with van der Waals surface area (Å²) in [5.74, 6) is -1.09. The number of benzene rings is 3. The van der Waals surface area contributed by atoms with Crippen molar-refractivity contribution >= 4 is 38.9 Å². The first kappa shape index (κ1) is 22.9. The molecule has 0 bridgehead atoms. The van der Waals surface area contributed by atoms with Crippen molar-refractivity contribution in [3.8, 4) is 0 Å². The lowest BCUT2D eigenvalue weighted by Crippen LogP contribution is -2.21. The van der Waals surface area contributed by atoms with E-state index < -0.39 is 16.0 Å². The minimum Gasteiger partial charge on any atom is -0.462 e. The number of ketones is 2. The molecule has 0 unspecified atom stereocenters. The summed E-state index contributed by atoms with van der Waals surface area (Å²) >= 11 is 0. The number of sulfonamides is 1. The van der Waals surface area contributed by atoms with Gasteiger partial charge in [0.05, 0.1) is 22.8 Å². The van der Waals surface area contributed by atoms with Crippen molar-refractivity contribution in [1.82, 2.24) is 0 Å². The zero-order chi connectivity index (χ0) is 24.3. The predicted octanol–water partition coefficient (Wildman–Crippen LogP) is 4.04. The van der Waals surface area contributed by atoms with E-state index in [1.54, 1.807) is 31.2 Å². The molecule has 0 saturated heterocycles. The fourth-order valence-corrected chi connectivity index (χ4v) is 4.44. The maximum atomic E-state index is 12.7. The maximum Gasteiger partial charge on any atom is 0.338 e. The third-order valence-electron chi connectivity index (χ3n) is 5.05. The van der Waals surface area contributed by atoms with Crippen molar-refractivity contribution in [3.05, 3.63) is 101 Å². The van der Waals surface area contributed by atoms with Gasteiger partial charge in [-0.25, -0.2) is 13.2 Å². The summed E-state index contributed by atoms with van der Waals surface area (Å²) in [6.45, 7) is 1.94. The van der Waals surface area contributed by atoms with Gasteiger partial charge in [0.25, 0.3) is 10.0 Å². The first-order valence-corrected chi connectivity index (χ1v) is 11.8. The molecular formula is C25H20N2O6S. The molecule has 0 amide bonds. The molecule has 0 spiro atoms. The van der Waals surface area contributed by atoms with Crippen LogP contribution in [0.25, 0.3) is 0 Å². The standard InChI is InChI=1S/C25H20N2O6S/c1-2-33-25(30)16-7-9-18(10-8-16)27-34(31,32)19-13-11-17(12-14-19)26-22-15-23(28)20-5-3-4-6-21(20)24(22)29/h3-15,26-27H,2H2,1H3. The highest BCUT2D eigenvalue weighted by Gasteiger charge is 2.25. The van der Waals surface area contributed by atoms with Crippen LogP contribution in [-0.4, -0.2) is 32.6 Å². The van der Waals surface area contributed by atoms with Gasteiger partial charge in [-0.05, 0) is 55.5 Å². The number of carbonyl (C=O) groups is 3. The number of fused-ring (bicyclic) bond motifs is 1. The fraction of sp³-hybridized carbons (Fsp3) is 0.0800. The number of carbonyl (C=O) groups excluding carboxylic acids is 3. The molecule has 0 aromatic heterocycles. The molecule has 0 radical (unpaired) electrons. The van der Waals surface area contributed by atoms with E-state index in [1.165, 1.54) is 54.6 Å². The summed E-state index contributed by atoms with van der Waals surface area (Å²) in [6.07, 6.45) is 1.23. The van der Waals surface area contributed by atoms with E-state index in [0.29, 0.717) is 22.4 Å². The molecule has 3 aromatic carbocycles. The van der Waals surface area contributed by atoms with Crippen LogP contribution in [0.2, 0.25) is 0 Å². The van der Waals surface area contributed by atoms with Gasteiger partial charge in [-0.2, -0.15) is 0 Å². The van der Waals surface area contributed by atoms with Crippen LogP contribution in [0.3, 0.4) is 0 Å². The molecule has 9 heteroatoms. The first-order valence-electron chi connectivity index (χ1n) is 10.4. The minimum absolute atomic E-state index is 0.00195. The smallest absolute Gasteiger partial charge is 0.338 e. The molecule has 0 aliphatic heterocycles. The second-order valence-corrected chi connectivity index (χ2v) is 9.03. The van der Waals surface area contributed by atoms with Crippen molar-refractivity contribution in [2.45, 2.75) is 11.8 Å². The van der Waals surface area contributed by atoms with E-state index in [2.05, 4.69) is 10.0 Å². The molecular weight excluding hydrogens is 456 g/mol. The largest absolute Gasteiger partial charge is 0.462 e. The number of rotatable bonds is 7. The average Bonchev–Trinajstić information content (AvgIpc) is 2.83. The Morgan fingerprint density at radius 2 is 1.47 bits per heavy atom. The lowest BCUT2D eigenvalue weighted by atomic mass is 9.92. The number of allylic oxidation sites excluding steroid dienone is 2. The molecule has 2 N–H and O–H groups in total. The molecule has 34 heavy (non-hydrogen) atoms. The van der Waals surface area contributed by atoms with E-state index in [1.807, 2.05) is 0 Å². The highest BCUT2D eigenvalue weighted by Crippen LogP contribution is 2.24. The van der Waals surface area contributed by atoms with Gasteiger partial charge >= 0.3 is 5.97 Å². The Kier molecular flexibility index (Phi) is 6.29. The summed E-state index contributed by atoms with van der Waals surface area (Å²) in [6, 6.07) is 18.2. The van der Waals surface area contributed by atoms with E-state index in [-0.39, 0.29) is 34.5 Å². The van der Waals surface area contributed by atoms with Gasteiger partial charge in [0.2, 0.25) is 5.78 Å². The molecule has 0 heterocycles. The molecule has 0 atom stereocenters. The molecule has 4 rings (SSSR count). The molecule has 0 fully saturated rings. The van der Waals surface area contributed by atoms with Gasteiger partial charge < -0.3 is 10.1 Å². The monoisotopic (exact) mass is 476 g/mol. The van der Waals surface area contributed by atoms with Gasteiger partial charge in [-0.15, -0.1) is 0 Å². The number of ether oxygens (including phenoxy) is 1. The quantitative estimate of drug-likeness (QED) is 0.494. The Labute approximate surface area is 196 Å². The van der Waals surface area contributed by atoms with E-state index in [4.69, 9.17) is 4.74 Å². The van der Waals surface area contributed by atoms with Crippen molar-refractivity contribution in [2.75, 3.05) is 16.6 Å². The summed E-state index contributed by atoms with van der Waals surface area (Å²) in [7, 11) is -3.90. The Balaban J connectivity index is 1.46. The number of esters is 1. The van der Waals surface area contributed by atoms with Gasteiger partial charge in [0.1, 0.15) is 0 Å². The van der Waals surface area contributed by atoms with Crippen LogP contribution < -0.4 is 10.0 Å². The lowest BCUT2D eigenvalue weighted by molar-refractivity contribution is 0.0526. The zero-order valence-electron chi connectivity index (χ0n) is 18.1. The highest BCUT2D eigenvalue weighted by molar-refractivity contribution is 7.92. The van der Waals surface area contributed by atoms with Gasteiger partial charge in [-0.3, -0.25) is 14.3 Å². The lowest BCUT2D eigenvalue weighted by Gasteiger charge is -2.16. The SMILES string of the molecule is CCOC(=O)c1ccc(NS(=O)(=O)c2ccc(NC3=CC(=O)c4ccccc4C3=O)cc2)cc1. The van der Waals surface area contributed by atoms with Gasteiger partial charge in [0, 0.05) is 28.6 Å². The summed E-state index contributed by atoms with van der Waals surface area (Å²) < 4.78 is 32.8. The number of hydrogen-bond acceptors (Lipinski definition) is 7. The average molecular weight is 477 g/mol. The van der Waals surface area contributed by atoms with Crippen LogP contribution in [0.4, 0.5) is 11.4 Å². The molecule has 0 saturated carbocycles. The first-order chi connectivity index (χ1) is 16.3. The fourth-order valence-electron chi connectivity index (χ4n) is 3.38. The van der Waals surface area contributed by atoms with Crippen LogP contribution in [0.5, 0.6) is 0 Å². The van der Waals surface area contributed by atoms with Crippen molar-refractivity contribution in [2.24, 2.45) is 0 Å². The summed E-state index contributed by atoms with van der Waals surface area (Å²) in [5, 5.41) is 2.89. The van der Waals surface area contributed by atoms with Crippen LogP contribution in [0.15, 0.2) is 89.5 Å². The molecule has 3 aromatic rings. The molecule has 172 valence electrons. The third-order valence-corrected chi connectivity index (χ3v) is 6.45. The normalized spacial score (nSPS) is 13.0. The molecule has 8 nitrogen and oxygen atoms in total. The number of Topliss-reactive ketones (excluding diaryl/α,β-unsaturated/α-hetero) is 1. The topological polar surface area (TPSA) is 119 Å².